The van der Waals surface area contributed by atoms with Crippen LogP contribution in [0.25, 0.3) is 0 Å². The maximum absolute atomic E-state index is 9.27. The summed E-state index contributed by atoms with van der Waals surface area (Å²) >= 11 is 0. The summed E-state index contributed by atoms with van der Waals surface area (Å²) in [6.07, 6.45) is 0.536. The molecule has 0 radical (unpaired) electrons. The Bertz CT molecular complexity index is 251. The Hall–Kier alpha value is -1.06. The van der Waals surface area contributed by atoms with Gasteiger partial charge in [0.05, 0.1) is 6.10 Å². The minimum atomic E-state index is -0.248. The highest BCUT2D eigenvalue weighted by Gasteiger charge is 1.98. The number of ether oxygens (including phenoxy) is 1. The van der Waals surface area contributed by atoms with E-state index in [1.807, 2.05) is 37.3 Å². The third-order valence-corrected chi connectivity index (χ3v) is 2.14. The predicted octanol–water partition coefficient (Wildman–Crippen LogP) is 1.43. The van der Waals surface area contributed by atoms with Gasteiger partial charge in [0.2, 0.25) is 0 Å². The summed E-state index contributed by atoms with van der Waals surface area (Å²) in [5, 5.41) is 12.4. The van der Waals surface area contributed by atoms with E-state index in [2.05, 4.69) is 5.32 Å². The molecule has 0 aromatic heterocycles. The number of para-hydroxylation sites is 1. The molecule has 2 N–H and O–H groups in total. The van der Waals surface area contributed by atoms with Crippen molar-refractivity contribution in [2.75, 3.05) is 19.7 Å². The molecule has 0 aliphatic rings. The molecule has 1 aromatic rings. The molecule has 0 spiro atoms. The number of benzene rings is 1. The van der Waals surface area contributed by atoms with Gasteiger partial charge in [0.25, 0.3) is 0 Å². The maximum atomic E-state index is 9.27. The SMILES string of the molecule is CCC(O)CNCCOc1ccccc1. The maximum Gasteiger partial charge on any atom is 0.119 e. The molecular weight excluding hydrogens is 190 g/mol. The van der Waals surface area contributed by atoms with Crippen molar-refractivity contribution in [2.45, 2.75) is 19.4 Å². The predicted molar refractivity (Wildman–Crippen MR) is 61.1 cm³/mol. The van der Waals surface area contributed by atoms with E-state index in [1.165, 1.54) is 0 Å². The van der Waals surface area contributed by atoms with Crippen LogP contribution in [0.5, 0.6) is 5.75 Å². The number of nitrogens with one attached hydrogen (secondary N) is 1. The highest BCUT2D eigenvalue weighted by Crippen LogP contribution is 2.07. The molecule has 0 saturated carbocycles. The standard InChI is InChI=1S/C12H19NO2/c1-2-11(14)10-13-8-9-15-12-6-4-3-5-7-12/h3-7,11,13-14H,2,8-10H2,1H3. The molecule has 3 heteroatoms. The first kappa shape index (κ1) is 12.0. The Balaban J connectivity index is 2.03. The van der Waals surface area contributed by atoms with Crippen LogP contribution in [0.4, 0.5) is 0 Å². The first-order chi connectivity index (χ1) is 7.33. The van der Waals surface area contributed by atoms with Crippen LogP contribution in [0.2, 0.25) is 0 Å². The van der Waals surface area contributed by atoms with Gasteiger partial charge >= 0.3 is 0 Å². The van der Waals surface area contributed by atoms with E-state index in [0.717, 1.165) is 18.7 Å². The third kappa shape index (κ3) is 5.40. The Kier molecular flexibility index (Phi) is 5.81. The molecule has 0 fully saturated rings. The Morgan fingerprint density at radius 1 is 1.33 bits per heavy atom. The molecule has 0 aliphatic heterocycles. The van der Waals surface area contributed by atoms with Crippen LogP contribution in [0.3, 0.4) is 0 Å². The molecule has 0 heterocycles. The molecule has 1 unspecified atom stereocenters. The van der Waals surface area contributed by atoms with Crippen molar-refractivity contribution in [1.29, 1.82) is 0 Å². The molecule has 15 heavy (non-hydrogen) atoms. The van der Waals surface area contributed by atoms with E-state index in [-0.39, 0.29) is 6.10 Å². The van der Waals surface area contributed by atoms with Crippen molar-refractivity contribution in [1.82, 2.24) is 5.32 Å². The minimum absolute atomic E-state index is 0.248. The van der Waals surface area contributed by atoms with Gasteiger partial charge in [-0.25, -0.2) is 0 Å². The Morgan fingerprint density at radius 3 is 2.73 bits per heavy atom. The van der Waals surface area contributed by atoms with Crippen molar-refractivity contribution in [3.8, 4) is 5.75 Å². The number of hydrogen-bond donors (Lipinski definition) is 2. The smallest absolute Gasteiger partial charge is 0.119 e. The van der Waals surface area contributed by atoms with Gasteiger partial charge in [-0.3, -0.25) is 0 Å². The molecule has 0 amide bonds. The van der Waals surface area contributed by atoms with Crippen molar-refractivity contribution in [2.24, 2.45) is 0 Å². The number of aliphatic hydroxyl groups excluding tert-OH is 1. The van der Waals surface area contributed by atoms with Gasteiger partial charge in [-0.05, 0) is 18.6 Å². The Labute approximate surface area is 91.1 Å². The van der Waals surface area contributed by atoms with E-state index in [9.17, 15) is 5.11 Å². The van der Waals surface area contributed by atoms with Crippen LogP contribution >= 0.6 is 0 Å². The molecule has 0 bridgehead atoms. The van der Waals surface area contributed by atoms with Crippen LogP contribution < -0.4 is 10.1 Å². The van der Waals surface area contributed by atoms with Gasteiger partial charge in [0.15, 0.2) is 0 Å². The number of hydrogen-bond acceptors (Lipinski definition) is 3. The monoisotopic (exact) mass is 209 g/mol. The van der Waals surface area contributed by atoms with Gasteiger partial charge in [-0.15, -0.1) is 0 Å². The molecule has 0 saturated heterocycles. The lowest BCUT2D eigenvalue weighted by molar-refractivity contribution is 0.165. The summed E-state index contributed by atoms with van der Waals surface area (Å²) in [5.74, 6) is 0.885. The second kappa shape index (κ2) is 7.26. The molecule has 1 atom stereocenters. The summed E-state index contributed by atoms with van der Waals surface area (Å²) < 4.78 is 5.48. The summed E-state index contributed by atoms with van der Waals surface area (Å²) in [5.41, 5.74) is 0. The van der Waals surface area contributed by atoms with Crippen molar-refractivity contribution in [3.63, 3.8) is 0 Å². The van der Waals surface area contributed by atoms with Crippen LogP contribution in [0, 0.1) is 0 Å². The zero-order valence-electron chi connectivity index (χ0n) is 9.15. The second-order valence-electron chi connectivity index (χ2n) is 3.43. The quantitative estimate of drug-likeness (QED) is 0.667. The highest BCUT2D eigenvalue weighted by atomic mass is 16.5. The largest absolute Gasteiger partial charge is 0.492 e. The fourth-order valence-corrected chi connectivity index (χ4v) is 1.17. The normalized spacial score (nSPS) is 12.4. The average Bonchev–Trinajstić information content (AvgIpc) is 2.29. The summed E-state index contributed by atoms with van der Waals surface area (Å²) in [6.45, 7) is 3.98. The van der Waals surface area contributed by atoms with E-state index in [4.69, 9.17) is 4.74 Å². The van der Waals surface area contributed by atoms with Gasteiger partial charge < -0.3 is 15.2 Å². The van der Waals surface area contributed by atoms with Gasteiger partial charge in [0.1, 0.15) is 12.4 Å². The van der Waals surface area contributed by atoms with Crippen LogP contribution in [0.1, 0.15) is 13.3 Å². The number of rotatable bonds is 7. The van der Waals surface area contributed by atoms with E-state index in [0.29, 0.717) is 13.2 Å². The first-order valence-corrected chi connectivity index (χ1v) is 5.39. The highest BCUT2D eigenvalue weighted by molar-refractivity contribution is 5.20. The molecule has 84 valence electrons. The van der Waals surface area contributed by atoms with E-state index in [1.54, 1.807) is 0 Å². The fraction of sp³-hybridized carbons (Fsp3) is 0.500. The summed E-state index contributed by atoms with van der Waals surface area (Å²) in [4.78, 5) is 0. The number of aliphatic hydroxyl groups is 1. The van der Waals surface area contributed by atoms with Crippen LogP contribution in [0.15, 0.2) is 30.3 Å². The minimum Gasteiger partial charge on any atom is -0.492 e. The van der Waals surface area contributed by atoms with E-state index >= 15 is 0 Å². The lowest BCUT2D eigenvalue weighted by Gasteiger charge is -2.10. The zero-order valence-corrected chi connectivity index (χ0v) is 9.15. The summed E-state index contributed by atoms with van der Waals surface area (Å²) in [7, 11) is 0. The summed E-state index contributed by atoms with van der Waals surface area (Å²) in [6, 6.07) is 9.72. The van der Waals surface area contributed by atoms with Gasteiger partial charge in [-0.2, -0.15) is 0 Å². The third-order valence-electron chi connectivity index (χ3n) is 2.14. The van der Waals surface area contributed by atoms with Crippen LogP contribution in [-0.4, -0.2) is 30.9 Å². The van der Waals surface area contributed by atoms with Crippen LogP contribution in [-0.2, 0) is 0 Å². The van der Waals surface area contributed by atoms with Crippen molar-refractivity contribution < 1.29 is 9.84 Å². The molecular formula is C12H19NO2. The van der Waals surface area contributed by atoms with E-state index < -0.39 is 0 Å². The molecule has 3 nitrogen and oxygen atoms in total. The lowest BCUT2D eigenvalue weighted by Crippen LogP contribution is -2.29. The zero-order chi connectivity index (χ0) is 10.9. The van der Waals surface area contributed by atoms with Gasteiger partial charge in [-0.1, -0.05) is 25.1 Å². The molecule has 1 aromatic carbocycles. The van der Waals surface area contributed by atoms with Gasteiger partial charge in [0, 0.05) is 13.1 Å². The molecule has 0 aliphatic carbocycles. The van der Waals surface area contributed by atoms with Crippen molar-refractivity contribution in [3.05, 3.63) is 30.3 Å². The van der Waals surface area contributed by atoms with Crippen molar-refractivity contribution >= 4 is 0 Å². The average molecular weight is 209 g/mol. The topological polar surface area (TPSA) is 41.5 Å². The Morgan fingerprint density at radius 2 is 2.07 bits per heavy atom. The first-order valence-electron chi connectivity index (χ1n) is 5.39. The second-order valence-corrected chi connectivity index (χ2v) is 3.43. The lowest BCUT2D eigenvalue weighted by atomic mass is 10.3. The fourth-order valence-electron chi connectivity index (χ4n) is 1.17. The molecule has 1 rings (SSSR count).